The number of hydrogen-bond acceptors (Lipinski definition) is 4. The first kappa shape index (κ1) is 19.2. The fourth-order valence-electron chi connectivity index (χ4n) is 4.13. The topological polar surface area (TPSA) is 69.7 Å². The lowest BCUT2D eigenvalue weighted by atomic mass is 10.0. The SMILES string of the molecule is CCS(=O)(=O)c1ccc(CNC(=O)N2CCCC2C2CCCN2C)cc1. The minimum absolute atomic E-state index is 0.0157. The fraction of sp³-hybridized carbons (Fsp3) is 0.632. The monoisotopic (exact) mass is 379 g/mol. The van der Waals surface area contributed by atoms with Crippen molar-refractivity contribution < 1.29 is 13.2 Å². The van der Waals surface area contributed by atoms with Crippen LogP contribution < -0.4 is 5.32 Å². The standard InChI is InChI=1S/C19H29N3O3S/c1-3-26(24,25)16-10-8-15(9-11-16)14-20-19(23)22-13-5-7-18(22)17-6-4-12-21(17)2/h8-11,17-18H,3-7,12-14H2,1-2H3,(H,20,23). The minimum atomic E-state index is -3.18. The summed E-state index contributed by atoms with van der Waals surface area (Å²) >= 11 is 0. The van der Waals surface area contributed by atoms with Gasteiger partial charge >= 0.3 is 6.03 Å². The molecule has 0 bridgehead atoms. The van der Waals surface area contributed by atoms with Crippen LogP contribution in [0.2, 0.25) is 0 Å². The number of sulfone groups is 1. The van der Waals surface area contributed by atoms with Gasteiger partial charge in [-0.3, -0.25) is 0 Å². The first-order valence-corrected chi connectivity index (χ1v) is 11.1. The van der Waals surface area contributed by atoms with Gasteiger partial charge in [-0.2, -0.15) is 0 Å². The number of hydrogen-bond donors (Lipinski definition) is 1. The number of benzene rings is 1. The molecule has 3 rings (SSSR count). The second-order valence-corrected chi connectivity index (χ2v) is 9.58. The zero-order valence-electron chi connectivity index (χ0n) is 15.6. The van der Waals surface area contributed by atoms with E-state index in [1.165, 1.54) is 6.42 Å². The van der Waals surface area contributed by atoms with Crippen molar-refractivity contribution in [2.24, 2.45) is 0 Å². The van der Waals surface area contributed by atoms with E-state index < -0.39 is 9.84 Å². The Balaban J connectivity index is 1.58. The average molecular weight is 380 g/mol. The van der Waals surface area contributed by atoms with Crippen molar-refractivity contribution in [3.8, 4) is 0 Å². The molecule has 2 saturated heterocycles. The van der Waals surface area contributed by atoms with Crippen molar-refractivity contribution in [3.05, 3.63) is 29.8 Å². The lowest BCUT2D eigenvalue weighted by molar-refractivity contribution is 0.153. The molecule has 2 heterocycles. The highest BCUT2D eigenvalue weighted by molar-refractivity contribution is 7.91. The first-order chi connectivity index (χ1) is 12.4. The summed E-state index contributed by atoms with van der Waals surface area (Å²) in [6.45, 7) is 3.98. The van der Waals surface area contributed by atoms with Crippen LogP contribution >= 0.6 is 0 Å². The molecule has 0 aliphatic carbocycles. The summed E-state index contributed by atoms with van der Waals surface area (Å²) < 4.78 is 23.7. The average Bonchev–Trinajstić information content (AvgIpc) is 3.28. The Bertz CT molecular complexity index is 733. The lowest BCUT2D eigenvalue weighted by Gasteiger charge is -2.33. The quantitative estimate of drug-likeness (QED) is 0.852. The van der Waals surface area contributed by atoms with Crippen LogP contribution in [0.5, 0.6) is 0 Å². The number of rotatable bonds is 5. The van der Waals surface area contributed by atoms with Crippen molar-refractivity contribution in [2.75, 3.05) is 25.9 Å². The predicted molar refractivity (Wildman–Crippen MR) is 102 cm³/mol. The van der Waals surface area contributed by atoms with Gasteiger partial charge in [-0.1, -0.05) is 19.1 Å². The van der Waals surface area contributed by atoms with Crippen molar-refractivity contribution in [3.63, 3.8) is 0 Å². The van der Waals surface area contributed by atoms with Gasteiger partial charge in [0, 0.05) is 25.2 Å². The van der Waals surface area contributed by atoms with Crippen molar-refractivity contribution in [2.45, 2.75) is 56.1 Å². The third-order valence-electron chi connectivity index (χ3n) is 5.69. The number of carbonyl (C=O) groups is 1. The maximum atomic E-state index is 12.7. The summed E-state index contributed by atoms with van der Waals surface area (Å²) in [5.74, 6) is 0.0923. The van der Waals surface area contributed by atoms with Crippen molar-refractivity contribution in [1.29, 1.82) is 0 Å². The van der Waals surface area contributed by atoms with E-state index in [9.17, 15) is 13.2 Å². The predicted octanol–water partition coefficient (Wildman–Crippen LogP) is 2.25. The van der Waals surface area contributed by atoms with Gasteiger partial charge < -0.3 is 15.1 Å². The van der Waals surface area contributed by atoms with Crippen LogP contribution in [0.4, 0.5) is 4.79 Å². The minimum Gasteiger partial charge on any atom is -0.334 e. The summed E-state index contributed by atoms with van der Waals surface area (Å²) in [7, 11) is -1.03. The molecule has 6 nitrogen and oxygen atoms in total. The van der Waals surface area contributed by atoms with Crippen LogP contribution in [-0.2, 0) is 16.4 Å². The van der Waals surface area contributed by atoms with E-state index in [1.807, 2.05) is 4.90 Å². The van der Waals surface area contributed by atoms with Crippen molar-refractivity contribution in [1.82, 2.24) is 15.1 Å². The number of likely N-dealkylation sites (tertiary alicyclic amines) is 2. The number of nitrogens with zero attached hydrogens (tertiary/aromatic N) is 2. The number of amides is 2. The summed E-state index contributed by atoms with van der Waals surface area (Å²) in [5.41, 5.74) is 0.905. The molecule has 0 spiro atoms. The highest BCUT2D eigenvalue weighted by atomic mass is 32.2. The van der Waals surface area contributed by atoms with Crippen LogP contribution in [0.1, 0.15) is 38.2 Å². The number of likely N-dealkylation sites (N-methyl/N-ethyl adjacent to an activating group) is 1. The molecule has 26 heavy (non-hydrogen) atoms. The molecule has 2 aliphatic heterocycles. The Kier molecular flexibility index (Phi) is 5.87. The number of urea groups is 1. The first-order valence-electron chi connectivity index (χ1n) is 9.49. The lowest BCUT2D eigenvalue weighted by Crippen LogP contribution is -2.50. The van der Waals surface area contributed by atoms with E-state index in [2.05, 4.69) is 17.3 Å². The summed E-state index contributed by atoms with van der Waals surface area (Å²) in [6, 6.07) is 7.54. The van der Waals surface area contributed by atoms with Gasteiger partial charge in [0.05, 0.1) is 10.6 Å². The van der Waals surface area contributed by atoms with Crippen LogP contribution in [0, 0.1) is 0 Å². The molecule has 2 unspecified atom stereocenters. The fourth-order valence-corrected chi connectivity index (χ4v) is 5.01. The molecular weight excluding hydrogens is 350 g/mol. The molecule has 2 amide bonds. The van der Waals surface area contributed by atoms with Crippen LogP contribution in [0.3, 0.4) is 0 Å². The molecular formula is C19H29N3O3S. The zero-order chi connectivity index (χ0) is 18.7. The van der Waals surface area contributed by atoms with E-state index in [4.69, 9.17) is 0 Å². The third-order valence-corrected chi connectivity index (χ3v) is 7.44. The molecule has 0 radical (unpaired) electrons. The van der Waals surface area contributed by atoms with Gasteiger partial charge in [0.1, 0.15) is 0 Å². The Morgan fingerprint density at radius 1 is 1.12 bits per heavy atom. The molecule has 2 fully saturated rings. The Hall–Kier alpha value is -1.60. The molecule has 2 aliphatic rings. The molecule has 1 N–H and O–H groups in total. The maximum Gasteiger partial charge on any atom is 0.317 e. The number of nitrogens with one attached hydrogen (secondary N) is 1. The smallest absolute Gasteiger partial charge is 0.317 e. The molecule has 0 aromatic heterocycles. The second-order valence-electron chi connectivity index (χ2n) is 7.30. The molecule has 1 aromatic rings. The molecule has 144 valence electrons. The van der Waals surface area contributed by atoms with Crippen LogP contribution in [0.15, 0.2) is 29.2 Å². The van der Waals surface area contributed by atoms with Crippen LogP contribution in [0.25, 0.3) is 0 Å². The molecule has 2 atom stereocenters. The summed E-state index contributed by atoms with van der Waals surface area (Å²) in [4.78, 5) is 17.4. The highest BCUT2D eigenvalue weighted by Gasteiger charge is 2.38. The van der Waals surface area contributed by atoms with E-state index >= 15 is 0 Å². The third kappa shape index (κ3) is 4.04. The summed E-state index contributed by atoms with van der Waals surface area (Å²) in [6.07, 6.45) is 4.51. The Morgan fingerprint density at radius 3 is 2.38 bits per heavy atom. The number of carbonyl (C=O) groups excluding carboxylic acids is 1. The Labute approximate surface area is 156 Å². The van der Waals surface area contributed by atoms with E-state index in [-0.39, 0.29) is 11.8 Å². The molecule has 1 aromatic carbocycles. The van der Waals surface area contributed by atoms with Gasteiger partial charge in [0.2, 0.25) is 0 Å². The van der Waals surface area contributed by atoms with Gasteiger partial charge in [-0.25, -0.2) is 13.2 Å². The van der Waals surface area contributed by atoms with Gasteiger partial charge in [0.25, 0.3) is 0 Å². The van der Waals surface area contributed by atoms with E-state index in [1.54, 1.807) is 31.2 Å². The largest absolute Gasteiger partial charge is 0.334 e. The zero-order valence-corrected chi connectivity index (χ0v) is 16.5. The van der Waals surface area contributed by atoms with E-state index in [0.717, 1.165) is 37.9 Å². The second kappa shape index (κ2) is 7.96. The molecule has 0 saturated carbocycles. The van der Waals surface area contributed by atoms with Gasteiger partial charge in [0.15, 0.2) is 9.84 Å². The normalized spacial score (nSPS) is 24.2. The highest BCUT2D eigenvalue weighted by Crippen LogP contribution is 2.29. The van der Waals surface area contributed by atoms with Gasteiger partial charge in [-0.15, -0.1) is 0 Å². The molecule has 7 heteroatoms. The summed E-state index contributed by atoms with van der Waals surface area (Å²) in [5, 5.41) is 3.00. The Morgan fingerprint density at radius 2 is 1.77 bits per heavy atom. The van der Waals surface area contributed by atoms with Crippen LogP contribution in [-0.4, -0.2) is 62.2 Å². The van der Waals surface area contributed by atoms with E-state index in [0.29, 0.717) is 23.5 Å². The van der Waals surface area contributed by atoms with Crippen molar-refractivity contribution >= 4 is 15.9 Å². The maximum absolute atomic E-state index is 12.7. The van der Waals surface area contributed by atoms with Gasteiger partial charge in [-0.05, 0) is 57.0 Å².